The third-order valence-electron chi connectivity index (χ3n) is 5.92. The lowest BCUT2D eigenvalue weighted by Crippen LogP contribution is -1.98. The second-order valence-electron chi connectivity index (χ2n) is 8.46. The zero-order chi connectivity index (χ0) is 24.1. The lowest BCUT2D eigenvalue weighted by molar-refractivity contribution is 0.317. The first-order valence-electron chi connectivity index (χ1n) is 11.5. The maximum absolute atomic E-state index is 15.1. The van der Waals surface area contributed by atoms with Crippen molar-refractivity contribution in [1.82, 2.24) is 0 Å². The molecule has 34 heavy (non-hydrogen) atoms. The first-order chi connectivity index (χ1) is 16.4. The third kappa shape index (κ3) is 5.74. The molecule has 0 saturated carbocycles. The van der Waals surface area contributed by atoms with Crippen molar-refractivity contribution < 1.29 is 17.9 Å². The summed E-state index contributed by atoms with van der Waals surface area (Å²) in [6, 6.07) is 20.0. The molecule has 4 aromatic rings. The van der Waals surface area contributed by atoms with Crippen LogP contribution in [0.3, 0.4) is 0 Å². The van der Waals surface area contributed by atoms with Gasteiger partial charge in [-0.15, -0.1) is 0 Å². The summed E-state index contributed by atoms with van der Waals surface area (Å²) in [5.41, 5.74) is 3.32. The lowest BCUT2D eigenvalue weighted by atomic mass is 9.97. The number of fused-ring (bicyclic) bond motifs is 1. The maximum Gasteiger partial charge on any atom is 0.145 e. The Balaban J connectivity index is 1.42. The quantitative estimate of drug-likeness (QED) is 0.218. The Hall–Kier alpha value is -2.98. The highest BCUT2D eigenvalue weighted by Gasteiger charge is 2.12. The Morgan fingerprint density at radius 3 is 2.06 bits per heavy atom. The van der Waals surface area contributed by atoms with Crippen molar-refractivity contribution in [2.45, 2.75) is 39.0 Å². The molecule has 0 saturated heterocycles. The van der Waals surface area contributed by atoms with Crippen LogP contribution in [-0.4, -0.2) is 6.61 Å². The van der Waals surface area contributed by atoms with Gasteiger partial charge in [0.15, 0.2) is 0 Å². The van der Waals surface area contributed by atoms with E-state index < -0.39 is 16.7 Å². The molecule has 5 heteroatoms. The van der Waals surface area contributed by atoms with Gasteiger partial charge in [-0.3, -0.25) is 0 Å². The second kappa shape index (κ2) is 11.0. The fourth-order valence-corrected chi connectivity index (χ4v) is 4.14. The summed E-state index contributed by atoms with van der Waals surface area (Å²) in [4.78, 5) is 0. The van der Waals surface area contributed by atoms with Crippen LogP contribution in [0, 0.1) is 17.5 Å². The van der Waals surface area contributed by atoms with Crippen molar-refractivity contribution in [2.24, 2.45) is 0 Å². The van der Waals surface area contributed by atoms with Crippen molar-refractivity contribution in [3.63, 3.8) is 0 Å². The highest BCUT2D eigenvalue weighted by Crippen LogP contribution is 2.26. The van der Waals surface area contributed by atoms with Crippen LogP contribution in [0.5, 0.6) is 5.75 Å². The Morgan fingerprint density at radius 2 is 1.35 bits per heavy atom. The minimum atomic E-state index is -0.802. The van der Waals surface area contributed by atoms with Gasteiger partial charge in [0, 0.05) is 5.39 Å². The fourth-order valence-electron chi connectivity index (χ4n) is 4.03. The molecular formula is C29H26ClF3O. The molecule has 1 nitrogen and oxygen atoms in total. The highest BCUT2D eigenvalue weighted by molar-refractivity contribution is 6.30. The van der Waals surface area contributed by atoms with E-state index in [2.05, 4.69) is 19.1 Å². The lowest BCUT2D eigenvalue weighted by Gasteiger charge is -2.10. The maximum atomic E-state index is 15.1. The van der Waals surface area contributed by atoms with Crippen LogP contribution in [0.15, 0.2) is 66.7 Å². The van der Waals surface area contributed by atoms with Gasteiger partial charge in [-0.05, 0) is 84.0 Å². The van der Waals surface area contributed by atoms with Crippen LogP contribution in [0.1, 0.15) is 35.6 Å². The Labute approximate surface area is 203 Å². The van der Waals surface area contributed by atoms with Gasteiger partial charge in [0.25, 0.3) is 0 Å². The number of hydrogen-bond donors (Lipinski definition) is 0. The molecule has 0 amide bonds. The smallest absolute Gasteiger partial charge is 0.145 e. The molecule has 0 aliphatic heterocycles. The molecule has 0 heterocycles. The van der Waals surface area contributed by atoms with E-state index in [1.807, 2.05) is 36.4 Å². The molecule has 0 fully saturated rings. The van der Waals surface area contributed by atoms with Crippen LogP contribution in [-0.2, 0) is 25.7 Å². The van der Waals surface area contributed by atoms with Crippen molar-refractivity contribution in [3.05, 3.63) is 111 Å². The molecule has 0 unspecified atom stereocenters. The van der Waals surface area contributed by atoms with Gasteiger partial charge in [0.1, 0.15) is 28.2 Å². The first kappa shape index (κ1) is 24.2. The van der Waals surface area contributed by atoms with Crippen molar-refractivity contribution >= 4 is 22.4 Å². The predicted octanol–water partition coefficient (Wildman–Crippen LogP) is 8.27. The van der Waals surface area contributed by atoms with Gasteiger partial charge >= 0.3 is 0 Å². The summed E-state index contributed by atoms with van der Waals surface area (Å²) in [6.45, 7) is 2.80. The number of hydrogen-bond acceptors (Lipinski definition) is 1. The summed E-state index contributed by atoms with van der Waals surface area (Å²) < 4.78 is 48.1. The summed E-state index contributed by atoms with van der Waals surface area (Å²) in [7, 11) is 0. The second-order valence-corrected chi connectivity index (χ2v) is 8.84. The number of ether oxygens (including phenoxy) is 1. The number of benzene rings is 4. The molecule has 0 aliphatic carbocycles. The molecular weight excluding hydrogens is 457 g/mol. The van der Waals surface area contributed by atoms with E-state index in [4.69, 9.17) is 16.3 Å². The van der Waals surface area contributed by atoms with Gasteiger partial charge in [-0.25, -0.2) is 13.2 Å². The Kier molecular flexibility index (Phi) is 7.79. The first-order valence-corrected chi connectivity index (χ1v) is 11.9. The van der Waals surface area contributed by atoms with Crippen LogP contribution in [0.25, 0.3) is 10.8 Å². The summed E-state index contributed by atoms with van der Waals surface area (Å²) in [6.07, 6.45) is 3.36. The van der Waals surface area contributed by atoms with Gasteiger partial charge in [-0.2, -0.15) is 0 Å². The van der Waals surface area contributed by atoms with Crippen molar-refractivity contribution in [3.8, 4) is 5.75 Å². The average Bonchev–Trinajstić information content (AvgIpc) is 2.85. The van der Waals surface area contributed by atoms with Crippen LogP contribution in [0.4, 0.5) is 13.2 Å². The van der Waals surface area contributed by atoms with Gasteiger partial charge in [0.2, 0.25) is 0 Å². The van der Waals surface area contributed by atoms with E-state index in [1.165, 1.54) is 17.7 Å². The molecule has 0 aromatic heterocycles. The molecule has 0 aliphatic rings. The van der Waals surface area contributed by atoms with E-state index >= 15 is 4.39 Å². The Bertz CT molecular complexity index is 1260. The minimum absolute atomic E-state index is 0.290. The average molecular weight is 483 g/mol. The molecule has 0 atom stereocenters. The molecule has 176 valence electrons. The van der Waals surface area contributed by atoms with Crippen LogP contribution < -0.4 is 4.74 Å². The monoisotopic (exact) mass is 482 g/mol. The standard InChI is InChI=1S/C29H26ClF3O/c1-2-15-34-24-12-6-19(7-13-24)3-4-20-8-14-25-23(16-20)11-10-22(29(25)33)9-5-21-17-26(31)28(30)27(32)18-21/h6-8,10-14,16-18H,2-5,9,15H2,1H3. The molecule has 0 spiro atoms. The summed E-state index contributed by atoms with van der Waals surface area (Å²) in [5, 5.41) is 0.868. The predicted molar refractivity (Wildman–Crippen MR) is 132 cm³/mol. The van der Waals surface area contributed by atoms with Crippen LogP contribution >= 0.6 is 11.6 Å². The van der Waals surface area contributed by atoms with Crippen molar-refractivity contribution in [1.29, 1.82) is 0 Å². The molecule has 0 radical (unpaired) electrons. The van der Waals surface area contributed by atoms with Gasteiger partial charge in [-0.1, -0.05) is 61.0 Å². The van der Waals surface area contributed by atoms with Crippen LogP contribution in [0.2, 0.25) is 5.02 Å². The van der Waals surface area contributed by atoms with E-state index in [1.54, 1.807) is 6.07 Å². The minimum Gasteiger partial charge on any atom is -0.494 e. The highest BCUT2D eigenvalue weighted by atomic mass is 35.5. The van der Waals surface area contributed by atoms with E-state index in [9.17, 15) is 8.78 Å². The molecule has 4 aromatic carbocycles. The van der Waals surface area contributed by atoms with Gasteiger partial charge in [0.05, 0.1) is 6.61 Å². The topological polar surface area (TPSA) is 9.23 Å². The normalized spacial score (nSPS) is 11.2. The molecule has 0 N–H and O–H groups in total. The molecule has 0 bridgehead atoms. The number of halogens is 4. The van der Waals surface area contributed by atoms with E-state index in [0.29, 0.717) is 36.0 Å². The SMILES string of the molecule is CCCOc1ccc(CCc2ccc3c(F)c(CCc4cc(F)c(Cl)c(F)c4)ccc3c2)cc1. The van der Waals surface area contributed by atoms with E-state index in [-0.39, 0.29) is 5.82 Å². The van der Waals surface area contributed by atoms with Crippen molar-refractivity contribution in [2.75, 3.05) is 6.61 Å². The largest absolute Gasteiger partial charge is 0.494 e. The van der Waals surface area contributed by atoms with Gasteiger partial charge < -0.3 is 4.74 Å². The summed E-state index contributed by atoms with van der Waals surface area (Å²) in [5.74, 6) is -1.01. The Morgan fingerprint density at radius 1 is 0.706 bits per heavy atom. The number of rotatable bonds is 9. The third-order valence-corrected chi connectivity index (χ3v) is 6.28. The van der Waals surface area contributed by atoms with E-state index in [0.717, 1.165) is 36.0 Å². The zero-order valence-electron chi connectivity index (χ0n) is 19.0. The number of aryl methyl sites for hydroxylation is 4. The summed E-state index contributed by atoms with van der Waals surface area (Å²) >= 11 is 5.54. The molecule has 4 rings (SSSR count). The fraction of sp³-hybridized carbons (Fsp3) is 0.241. The zero-order valence-corrected chi connectivity index (χ0v) is 19.8.